The summed E-state index contributed by atoms with van der Waals surface area (Å²) < 4.78 is 0. The van der Waals surface area contributed by atoms with E-state index < -0.39 is 5.97 Å². The molecule has 3 heteroatoms. The molecule has 1 heterocycles. The van der Waals surface area contributed by atoms with Gasteiger partial charge < -0.3 is 5.11 Å². The van der Waals surface area contributed by atoms with Crippen LogP contribution in [0.2, 0.25) is 0 Å². The zero-order valence-electron chi connectivity index (χ0n) is 12.4. The van der Waals surface area contributed by atoms with Crippen LogP contribution in [-0.2, 0) is 4.79 Å². The number of carboxylic acid groups (broad SMARTS) is 1. The summed E-state index contributed by atoms with van der Waals surface area (Å²) in [6, 6.07) is 0.188. The second-order valence-corrected chi connectivity index (χ2v) is 6.50. The van der Waals surface area contributed by atoms with E-state index in [-0.39, 0.29) is 6.04 Å². The fraction of sp³-hybridized carbons (Fsp3) is 0.933. The van der Waals surface area contributed by atoms with Crippen LogP contribution in [0.1, 0.15) is 59.8 Å². The van der Waals surface area contributed by atoms with Gasteiger partial charge in [0, 0.05) is 6.04 Å². The summed E-state index contributed by atoms with van der Waals surface area (Å²) in [6.45, 7) is 9.88. The molecule has 0 aromatic rings. The van der Waals surface area contributed by atoms with Crippen molar-refractivity contribution in [3.8, 4) is 0 Å². The van der Waals surface area contributed by atoms with E-state index in [0.717, 1.165) is 38.6 Å². The van der Waals surface area contributed by atoms with Crippen LogP contribution in [0, 0.1) is 11.8 Å². The van der Waals surface area contributed by atoms with Crippen LogP contribution in [0.25, 0.3) is 0 Å². The average Bonchev–Trinajstić information content (AvgIpc) is 2.26. The Morgan fingerprint density at radius 3 is 2.17 bits per heavy atom. The summed E-state index contributed by atoms with van der Waals surface area (Å²) in [5.41, 5.74) is 0. The predicted molar refractivity (Wildman–Crippen MR) is 74.7 cm³/mol. The highest BCUT2D eigenvalue weighted by atomic mass is 16.4. The van der Waals surface area contributed by atoms with Gasteiger partial charge in [0.2, 0.25) is 0 Å². The van der Waals surface area contributed by atoms with Gasteiger partial charge in [-0.05, 0) is 44.1 Å². The number of piperidine rings is 1. The van der Waals surface area contributed by atoms with Crippen molar-refractivity contribution >= 4 is 5.97 Å². The van der Waals surface area contributed by atoms with Crippen LogP contribution in [-0.4, -0.2) is 34.6 Å². The smallest absolute Gasteiger partial charge is 0.320 e. The summed E-state index contributed by atoms with van der Waals surface area (Å²) in [5, 5.41) is 9.38. The molecule has 0 amide bonds. The molecule has 1 fully saturated rings. The van der Waals surface area contributed by atoms with Gasteiger partial charge in [-0.25, -0.2) is 0 Å². The van der Waals surface area contributed by atoms with Crippen molar-refractivity contribution in [2.24, 2.45) is 11.8 Å². The van der Waals surface area contributed by atoms with Gasteiger partial charge in [-0.15, -0.1) is 0 Å². The third-order valence-electron chi connectivity index (χ3n) is 3.79. The molecule has 1 rings (SSSR count). The predicted octanol–water partition coefficient (Wildman–Crippen LogP) is 3.39. The second-order valence-electron chi connectivity index (χ2n) is 6.50. The molecule has 18 heavy (non-hydrogen) atoms. The minimum atomic E-state index is -0.632. The standard InChI is InChI=1S/C15H29NO2/c1-11(2)9-13(10-12(3)4)16-8-6-5-7-14(16)15(17)18/h11-14H,5-10H2,1-4H3,(H,17,18). The van der Waals surface area contributed by atoms with E-state index in [0.29, 0.717) is 17.9 Å². The third kappa shape index (κ3) is 4.60. The molecule has 1 saturated heterocycles. The van der Waals surface area contributed by atoms with Gasteiger partial charge in [0.25, 0.3) is 0 Å². The quantitative estimate of drug-likeness (QED) is 0.791. The molecular weight excluding hydrogens is 226 g/mol. The highest BCUT2D eigenvalue weighted by Crippen LogP contribution is 2.26. The van der Waals surface area contributed by atoms with E-state index in [9.17, 15) is 9.90 Å². The molecule has 0 spiro atoms. The molecule has 106 valence electrons. The van der Waals surface area contributed by atoms with Crippen LogP contribution in [0.3, 0.4) is 0 Å². The molecule has 3 nitrogen and oxygen atoms in total. The molecule has 0 aromatic heterocycles. The SMILES string of the molecule is CC(C)CC(CC(C)C)N1CCCCC1C(=O)O. The second kappa shape index (κ2) is 7.13. The van der Waals surface area contributed by atoms with Gasteiger partial charge in [0.05, 0.1) is 0 Å². The van der Waals surface area contributed by atoms with E-state index in [1.54, 1.807) is 0 Å². The van der Waals surface area contributed by atoms with Gasteiger partial charge in [0.1, 0.15) is 6.04 Å². The largest absolute Gasteiger partial charge is 0.480 e. The number of rotatable bonds is 6. The molecule has 1 aliphatic heterocycles. The lowest BCUT2D eigenvalue weighted by Crippen LogP contribution is -2.50. The first-order valence-electron chi connectivity index (χ1n) is 7.40. The Kier molecular flexibility index (Phi) is 6.13. The van der Waals surface area contributed by atoms with Crippen molar-refractivity contribution in [3.05, 3.63) is 0 Å². The van der Waals surface area contributed by atoms with Crippen LogP contribution < -0.4 is 0 Å². The maximum absolute atomic E-state index is 11.4. The Morgan fingerprint density at radius 2 is 1.72 bits per heavy atom. The number of carboxylic acids is 1. The lowest BCUT2D eigenvalue weighted by molar-refractivity contribution is -0.146. The van der Waals surface area contributed by atoms with Crippen molar-refractivity contribution < 1.29 is 9.90 Å². The Balaban J connectivity index is 2.76. The summed E-state index contributed by atoms with van der Waals surface area (Å²) in [7, 11) is 0. The van der Waals surface area contributed by atoms with Crippen molar-refractivity contribution in [1.29, 1.82) is 0 Å². The maximum Gasteiger partial charge on any atom is 0.320 e. The maximum atomic E-state index is 11.4. The normalized spacial score (nSPS) is 22.1. The number of hydrogen-bond donors (Lipinski definition) is 1. The molecular formula is C15H29NO2. The molecule has 1 N–H and O–H groups in total. The zero-order valence-corrected chi connectivity index (χ0v) is 12.4. The fourth-order valence-corrected chi connectivity index (χ4v) is 3.11. The minimum absolute atomic E-state index is 0.249. The van der Waals surface area contributed by atoms with Crippen molar-refractivity contribution in [1.82, 2.24) is 4.90 Å². The van der Waals surface area contributed by atoms with Crippen LogP contribution in [0.4, 0.5) is 0 Å². The first-order chi connectivity index (χ1) is 8.41. The molecule has 0 bridgehead atoms. The summed E-state index contributed by atoms with van der Waals surface area (Å²) >= 11 is 0. The lowest BCUT2D eigenvalue weighted by atomic mass is 9.90. The number of hydrogen-bond acceptors (Lipinski definition) is 2. The molecule has 0 aromatic carbocycles. The summed E-state index contributed by atoms with van der Waals surface area (Å²) in [5.74, 6) is 0.627. The van der Waals surface area contributed by atoms with Crippen LogP contribution in [0.15, 0.2) is 0 Å². The molecule has 1 unspecified atom stereocenters. The van der Waals surface area contributed by atoms with Gasteiger partial charge in [-0.3, -0.25) is 9.69 Å². The number of nitrogens with zero attached hydrogens (tertiary/aromatic N) is 1. The first-order valence-corrected chi connectivity index (χ1v) is 7.40. The average molecular weight is 255 g/mol. The Bertz CT molecular complexity index is 253. The van der Waals surface area contributed by atoms with E-state index >= 15 is 0 Å². The number of aliphatic carboxylic acids is 1. The minimum Gasteiger partial charge on any atom is -0.480 e. The van der Waals surface area contributed by atoms with Gasteiger partial charge >= 0.3 is 5.97 Å². The van der Waals surface area contributed by atoms with E-state index in [1.807, 2.05) is 0 Å². The number of likely N-dealkylation sites (tertiary alicyclic amines) is 1. The van der Waals surface area contributed by atoms with Crippen molar-refractivity contribution in [2.45, 2.75) is 71.9 Å². The van der Waals surface area contributed by atoms with Gasteiger partial charge in [-0.2, -0.15) is 0 Å². The highest BCUT2D eigenvalue weighted by Gasteiger charge is 2.33. The van der Waals surface area contributed by atoms with Crippen LogP contribution in [0.5, 0.6) is 0 Å². The molecule has 1 atom stereocenters. The monoisotopic (exact) mass is 255 g/mol. The van der Waals surface area contributed by atoms with Crippen LogP contribution >= 0.6 is 0 Å². The highest BCUT2D eigenvalue weighted by molar-refractivity contribution is 5.73. The van der Waals surface area contributed by atoms with Gasteiger partial charge in [-0.1, -0.05) is 34.1 Å². The molecule has 0 aliphatic carbocycles. The van der Waals surface area contributed by atoms with Gasteiger partial charge in [0.15, 0.2) is 0 Å². The number of carbonyl (C=O) groups is 1. The lowest BCUT2D eigenvalue weighted by Gasteiger charge is -2.40. The molecule has 1 aliphatic rings. The summed E-state index contributed by atoms with van der Waals surface area (Å²) in [6.07, 6.45) is 5.26. The Labute approximate surface area is 112 Å². The summed E-state index contributed by atoms with van der Waals surface area (Å²) in [4.78, 5) is 13.7. The van der Waals surface area contributed by atoms with Crippen molar-refractivity contribution in [2.75, 3.05) is 6.54 Å². The van der Waals surface area contributed by atoms with E-state index in [1.165, 1.54) is 0 Å². The Morgan fingerprint density at radius 1 is 1.17 bits per heavy atom. The molecule has 0 saturated carbocycles. The topological polar surface area (TPSA) is 40.5 Å². The fourth-order valence-electron chi connectivity index (χ4n) is 3.11. The Hall–Kier alpha value is -0.570. The van der Waals surface area contributed by atoms with Crippen molar-refractivity contribution in [3.63, 3.8) is 0 Å². The molecule has 0 radical (unpaired) electrons. The third-order valence-corrected chi connectivity index (χ3v) is 3.79. The van der Waals surface area contributed by atoms with E-state index in [2.05, 4.69) is 32.6 Å². The van der Waals surface area contributed by atoms with E-state index in [4.69, 9.17) is 0 Å². The zero-order chi connectivity index (χ0) is 13.7. The first kappa shape index (κ1) is 15.5.